The van der Waals surface area contributed by atoms with Crippen LogP contribution < -0.4 is 15.6 Å². The molecule has 0 heterocycles. The van der Waals surface area contributed by atoms with Crippen LogP contribution in [-0.4, -0.2) is 35.5 Å². The number of aromatic hydroxyl groups is 1. The Kier molecular flexibility index (Phi) is 6.47. The van der Waals surface area contributed by atoms with Gasteiger partial charge in [0.2, 0.25) is 0 Å². The van der Waals surface area contributed by atoms with Gasteiger partial charge in [0.25, 0.3) is 11.8 Å². The summed E-state index contributed by atoms with van der Waals surface area (Å²) in [5.74, 6) is -0.823. The Balaban J connectivity index is 1.96. The summed E-state index contributed by atoms with van der Waals surface area (Å²) in [6.45, 7) is 0. The monoisotopic (exact) mass is 355 g/mol. The lowest BCUT2D eigenvalue weighted by Gasteiger charge is -2.03. The minimum Gasteiger partial charge on any atom is -0.504 e. The predicted molar refractivity (Wildman–Crippen MR) is 95.3 cm³/mol. The Morgan fingerprint density at radius 3 is 2.54 bits per heavy atom. The summed E-state index contributed by atoms with van der Waals surface area (Å²) in [5, 5.41) is 21.9. The second kappa shape index (κ2) is 9.00. The van der Waals surface area contributed by atoms with E-state index in [2.05, 4.69) is 10.5 Å². The summed E-state index contributed by atoms with van der Waals surface area (Å²) >= 11 is 0. The summed E-state index contributed by atoms with van der Waals surface area (Å²) < 4.78 is 5.01. The molecule has 0 aromatic heterocycles. The molecule has 2 aromatic rings. The van der Waals surface area contributed by atoms with Crippen molar-refractivity contribution in [3.8, 4) is 11.5 Å². The molecule has 26 heavy (non-hydrogen) atoms. The number of nitrogens with zero attached hydrogens (tertiary/aromatic N) is 1. The molecule has 0 aliphatic carbocycles. The normalized spacial score (nSPS) is 10.8. The van der Waals surface area contributed by atoms with E-state index in [1.807, 2.05) is 0 Å². The van der Waals surface area contributed by atoms with Crippen LogP contribution in [0.25, 0.3) is 6.08 Å². The van der Waals surface area contributed by atoms with E-state index >= 15 is 0 Å². The van der Waals surface area contributed by atoms with Crippen LogP contribution in [0.1, 0.15) is 26.3 Å². The van der Waals surface area contributed by atoms with Crippen LogP contribution in [0.5, 0.6) is 11.5 Å². The van der Waals surface area contributed by atoms with Crippen LogP contribution in [-0.2, 0) is 0 Å². The third kappa shape index (κ3) is 4.92. The van der Waals surface area contributed by atoms with Gasteiger partial charge in [-0.05, 0) is 42.0 Å². The molecule has 0 spiro atoms. The highest BCUT2D eigenvalue weighted by Crippen LogP contribution is 2.26. The van der Waals surface area contributed by atoms with Crippen molar-refractivity contribution >= 4 is 24.1 Å². The van der Waals surface area contributed by atoms with E-state index in [4.69, 9.17) is 9.94 Å². The number of carbonyl (C=O) groups excluding carboxylic acids is 2. The van der Waals surface area contributed by atoms with Gasteiger partial charge < -0.3 is 9.84 Å². The zero-order valence-corrected chi connectivity index (χ0v) is 13.8. The van der Waals surface area contributed by atoms with E-state index in [1.165, 1.54) is 49.1 Å². The van der Waals surface area contributed by atoms with Crippen LogP contribution in [0.4, 0.5) is 0 Å². The average Bonchev–Trinajstić information content (AvgIpc) is 2.68. The summed E-state index contributed by atoms with van der Waals surface area (Å²) in [7, 11) is 1.46. The molecule has 0 saturated carbocycles. The van der Waals surface area contributed by atoms with Crippen molar-refractivity contribution in [3.05, 3.63) is 65.2 Å². The van der Waals surface area contributed by atoms with Crippen molar-refractivity contribution in [2.75, 3.05) is 7.11 Å². The average molecular weight is 355 g/mol. The molecule has 0 radical (unpaired) electrons. The van der Waals surface area contributed by atoms with Crippen molar-refractivity contribution in [1.29, 1.82) is 0 Å². The third-order valence-corrected chi connectivity index (χ3v) is 3.31. The standard InChI is InChI=1S/C18H17N3O5/c1-26-16-10-12(7-8-15(16)22)4-3-9-19-20-17(23)13-5-2-6-14(11-13)18(24)21-25/h2-11,22,25H,1H3,(H,20,23)(H,21,24)/b4-3+,19-9+. The molecule has 4 N–H and O–H groups in total. The first-order chi connectivity index (χ1) is 12.5. The van der Waals surface area contributed by atoms with Gasteiger partial charge in [0.15, 0.2) is 11.5 Å². The van der Waals surface area contributed by atoms with Crippen molar-refractivity contribution in [2.24, 2.45) is 5.10 Å². The number of amides is 2. The smallest absolute Gasteiger partial charge is 0.274 e. The molecule has 134 valence electrons. The van der Waals surface area contributed by atoms with Crippen molar-refractivity contribution in [1.82, 2.24) is 10.9 Å². The highest BCUT2D eigenvalue weighted by Gasteiger charge is 2.09. The van der Waals surface area contributed by atoms with E-state index in [1.54, 1.807) is 24.3 Å². The number of nitrogens with one attached hydrogen (secondary N) is 2. The van der Waals surface area contributed by atoms with E-state index in [0.29, 0.717) is 5.75 Å². The molecule has 8 nitrogen and oxygen atoms in total. The van der Waals surface area contributed by atoms with Crippen LogP contribution in [0.2, 0.25) is 0 Å². The molecule has 0 fully saturated rings. The topological polar surface area (TPSA) is 120 Å². The maximum absolute atomic E-state index is 12.0. The summed E-state index contributed by atoms with van der Waals surface area (Å²) in [4.78, 5) is 23.3. The number of hydrazone groups is 1. The molecular formula is C18H17N3O5. The van der Waals surface area contributed by atoms with E-state index < -0.39 is 11.8 Å². The summed E-state index contributed by atoms with van der Waals surface area (Å²) in [5.41, 5.74) is 4.96. The van der Waals surface area contributed by atoms with Crippen molar-refractivity contribution < 1.29 is 24.6 Å². The van der Waals surface area contributed by atoms with Crippen LogP contribution in [0.15, 0.2) is 53.6 Å². The lowest BCUT2D eigenvalue weighted by atomic mass is 10.1. The molecule has 0 aliphatic rings. The Labute approximate surface area is 149 Å². The number of hydrogen-bond donors (Lipinski definition) is 4. The number of benzene rings is 2. The molecule has 2 amide bonds. The molecule has 0 aliphatic heterocycles. The van der Waals surface area contributed by atoms with Gasteiger partial charge in [-0.1, -0.05) is 18.2 Å². The summed E-state index contributed by atoms with van der Waals surface area (Å²) in [6, 6.07) is 10.7. The van der Waals surface area contributed by atoms with Crippen LogP contribution >= 0.6 is 0 Å². The van der Waals surface area contributed by atoms with E-state index in [0.717, 1.165) is 5.56 Å². The fourth-order valence-electron chi connectivity index (χ4n) is 2.02. The Hall–Kier alpha value is -3.65. The maximum atomic E-state index is 12.0. The second-order valence-electron chi connectivity index (χ2n) is 5.03. The third-order valence-electron chi connectivity index (χ3n) is 3.31. The van der Waals surface area contributed by atoms with Gasteiger partial charge in [-0.2, -0.15) is 5.10 Å². The number of methoxy groups -OCH3 is 1. The summed E-state index contributed by atoms with van der Waals surface area (Å²) in [6.07, 6.45) is 4.69. The number of hydrogen-bond acceptors (Lipinski definition) is 6. The zero-order chi connectivity index (χ0) is 18.9. The van der Waals surface area contributed by atoms with Gasteiger partial charge >= 0.3 is 0 Å². The van der Waals surface area contributed by atoms with Gasteiger partial charge in [-0.25, -0.2) is 10.9 Å². The minimum absolute atomic E-state index is 0.0442. The SMILES string of the molecule is COc1cc(/C=C/C=N/NC(=O)c2cccc(C(=O)NO)c2)ccc1O. The fourth-order valence-corrected chi connectivity index (χ4v) is 2.02. The first kappa shape index (κ1) is 18.7. The van der Waals surface area contributed by atoms with Gasteiger partial charge in [-0.3, -0.25) is 14.8 Å². The van der Waals surface area contributed by atoms with E-state index in [9.17, 15) is 14.7 Å². The fraction of sp³-hybridized carbons (Fsp3) is 0.0556. The van der Waals surface area contributed by atoms with Gasteiger partial charge in [0.05, 0.1) is 7.11 Å². The number of rotatable bonds is 6. The second-order valence-corrected chi connectivity index (χ2v) is 5.03. The predicted octanol–water partition coefficient (Wildman–Crippen LogP) is 1.95. The first-order valence-corrected chi connectivity index (χ1v) is 7.46. The van der Waals surface area contributed by atoms with Crippen molar-refractivity contribution in [3.63, 3.8) is 0 Å². The molecule has 0 atom stereocenters. The first-order valence-electron chi connectivity index (χ1n) is 7.46. The number of phenolic OH excluding ortho intramolecular Hbond substituents is 1. The lowest BCUT2D eigenvalue weighted by molar-refractivity contribution is 0.0706. The number of allylic oxidation sites excluding steroid dienone is 1. The Morgan fingerprint density at radius 2 is 1.85 bits per heavy atom. The quantitative estimate of drug-likeness (QED) is 0.359. The molecule has 2 rings (SSSR count). The highest BCUT2D eigenvalue weighted by molar-refractivity contribution is 5.99. The zero-order valence-electron chi connectivity index (χ0n) is 13.8. The largest absolute Gasteiger partial charge is 0.504 e. The number of ether oxygens (including phenoxy) is 1. The minimum atomic E-state index is -0.713. The van der Waals surface area contributed by atoms with Crippen molar-refractivity contribution in [2.45, 2.75) is 0 Å². The molecule has 0 saturated heterocycles. The highest BCUT2D eigenvalue weighted by atomic mass is 16.5. The molecule has 2 aromatic carbocycles. The van der Waals surface area contributed by atoms with Crippen LogP contribution in [0, 0.1) is 0 Å². The Morgan fingerprint density at radius 1 is 1.12 bits per heavy atom. The maximum Gasteiger partial charge on any atom is 0.274 e. The van der Waals surface area contributed by atoms with E-state index in [-0.39, 0.29) is 16.9 Å². The number of hydroxylamine groups is 1. The Bertz CT molecular complexity index is 862. The lowest BCUT2D eigenvalue weighted by Crippen LogP contribution is -2.21. The molecule has 8 heteroatoms. The van der Waals surface area contributed by atoms with Gasteiger partial charge in [0, 0.05) is 17.3 Å². The van der Waals surface area contributed by atoms with Gasteiger partial charge in [-0.15, -0.1) is 0 Å². The number of phenols is 1. The molecular weight excluding hydrogens is 338 g/mol. The molecule has 0 bridgehead atoms. The van der Waals surface area contributed by atoms with Gasteiger partial charge in [0.1, 0.15) is 0 Å². The molecule has 0 unspecified atom stereocenters. The van der Waals surface area contributed by atoms with Crippen LogP contribution in [0.3, 0.4) is 0 Å². The number of carbonyl (C=O) groups is 2.